The summed E-state index contributed by atoms with van der Waals surface area (Å²) in [6, 6.07) is 20.6. The van der Waals surface area contributed by atoms with Crippen molar-refractivity contribution in [2.24, 2.45) is 0 Å². The third-order valence-corrected chi connectivity index (χ3v) is 53.4. The van der Waals surface area contributed by atoms with E-state index in [9.17, 15) is 44.4 Å². The first-order valence-electron chi connectivity index (χ1n) is 54.2. The number of aldehydes is 1. The van der Waals surface area contributed by atoms with Crippen LogP contribution >= 0.6 is 28.3 Å². The number of aliphatic hydroxyl groups excluding tert-OH is 1. The van der Waals surface area contributed by atoms with Crippen LogP contribution in [0.5, 0.6) is 0 Å². The molecule has 6 unspecified atom stereocenters. The average molecular weight is 2110 g/mol. The van der Waals surface area contributed by atoms with Crippen LogP contribution in [0, 0.1) is 5.92 Å². The van der Waals surface area contributed by atoms with E-state index in [2.05, 4.69) is 288 Å². The van der Waals surface area contributed by atoms with Crippen LogP contribution in [0.1, 0.15) is 351 Å². The van der Waals surface area contributed by atoms with E-state index in [1.807, 2.05) is 76.4 Å². The standard InChI is InChI=1S/C25H44BN3O2Si.C25H42BN3O2Si.C16H22BN3O2.C16H25BrN2Si.C15H19N3O.C9H18BNO2.C4H9.ClH.Li/c2*1-9-12-25(13-10-14-29(25)26(8)31)23(30)22-16-21-11-15-28(24(21)27-17-22)32(18(2)3,19(4)5)20(6)7;1-3-6-16(7-4-9-20(16)17(2)22)14(21)13-10-12-5-8-18-15(12)19-11-13;1-11(2)20(12(3)4,13(5)6)19-8-7-14-9-15(17)10-18-16(14)19;1-2-5-15(6-3-7-18-15)13(19)12-9-11-4-8-16-14(11)17-10-12;1-3-5-9(8-12)6-4-7-11(9)10(2)13;1-4(2)3;;/h11,15-20,23,30-31H,9-10,12-14H2,1-8H3;11,15-20,31H,9-10,12-14H2,1-8H3;5,8,10-11,22H,3-4,6-7,9H2,1-2H3,(H,18,19);7-13H,1-6H3;4,8-10,18H,2-3,5-7H2,1H3,(H,16,17);8,13H,3-7H2,1-2H3;1-3H3;1H;/q;;;;;;-1;;+1. The summed E-state index contributed by atoms with van der Waals surface area (Å²) in [7, 11) is -7.79. The van der Waals surface area contributed by atoms with Crippen LogP contribution < -0.4 is 24.2 Å². The SMILES string of the molecule is CC(C)[Si](C(C)C)(C(C)C)n1ccc2cc(Br)cnc21.CCCC1(C(=O)c2cnc3[nH]ccc3c2)CCCN1.CCCC1(C(=O)c2cnc3[nH]ccc3c2)CCCN1B(C)O.CCCC1(C(=O)c2cnc3c(ccn3[Si](C(C)C)(C(C)C)C(C)C)c2)CCCN1B(C)O.CCCC1(C(O)c2cnc3c(ccn3[Si](C(C)C)(C(C)C)C(C)C)c2)CCCN1B(C)O.CCCC1(C=O)CCCN1B(C)O.C[C-](C)C.Cl.[Li+]. The second kappa shape index (κ2) is 54.3. The Morgan fingerprint density at radius 1 is 0.431 bits per heavy atom. The minimum absolute atomic E-state index is 0. The first-order valence-corrected chi connectivity index (χ1v) is 61.5. The monoisotopic (exact) mass is 2100 g/mol. The van der Waals surface area contributed by atoms with Gasteiger partial charge in [-0.05, 0) is 301 Å². The molecule has 144 heavy (non-hydrogen) atoms. The topological polar surface area (TPSA) is 305 Å². The largest absolute Gasteiger partial charge is 1.00 e. The predicted octanol–water partition coefficient (Wildman–Crippen LogP) is 22.8. The van der Waals surface area contributed by atoms with E-state index < -0.39 is 75.6 Å². The Bertz CT molecular complexity index is 5640. The number of H-pyrrole nitrogens is 2. The number of carbonyl (C=O) groups is 4. The number of rotatable bonds is 35. The summed E-state index contributed by atoms with van der Waals surface area (Å²) in [5.41, 5.74) is 10.9. The van der Waals surface area contributed by atoms with Crippen molar-refractivity contribution < 1.29 is 63.2 Å². The average Bonchev–Trinajstić information content (AvgIpc) is 1.57. The van der Waals surface area contributed by atoms with Crippen molar-refractivity contribution in [2.75, 3.05) is 32.7 Å². The summed E-state index contributed by atoms with van der Waals surface area (Å²) >= 11 is 3.52. The number of aliphatic hydroxyl groups is 1. The minimum Gasteiger partial charge on any atom is -0.437 e. The number of hydrogen-bond acceptors (Lipinski definition) is 19. The summed E-state index contributed by atoms with van der Waals surface area (Å²) < 4.78 is 8.62. The van der Waals surface area contributed by atoms with Gasteiger partial charge in [-0.1, -0.05) is 191 Å². The fourth-order valence-electron chi connectivity index (χ4n) is 27.7. The summed E-state index contributed by atoms with van der Waals surface area (Å²) in [5, 5.41) is 60.8. The summed E-state index contributed by atoms with van der Waals surface area (Å²) in [5.74, 6) is 1.81. The fourth-order valence-corrected chi connectivity index (χ4v) is 47.7. The maximum Gasteiger partial charge on any atom is 1.00 e. The van der Waals surface area contributed by atoms with Crippen LogP contribution in [0.15, 0.2) is 127 Å². The van der Waals surface area contributed by atoms with Crippen molar-refractivity contribution in [1.82, 2.24) is 72.1 Å². The molecule has 5 saturated heterocycles. The van der Waals surface area contributed by atoms with Gasteiger partial charge in [-0.25, -0.2) is 24.9 Å². The molecule has 0 amide bonds. The van der Waals surface area contributed by atoms with Gasteiger partial charge in [0.05, 0.1) is 28.3 Å². The van der Waals surface area contributed by atoms with Crippen LogP contribution in [-0.2, 0) is 4.79 Å². The first kappa shape index (κ1) is 125. The van der Waals surface area contributed by atoms with E-state index in [0.717, 1.165) is 233 Å². The van der Waals surface area contributed by atoms with Crippen LogP contribution in [-0.4, -0.2) is 229 Å². The number of nitrogens with one attached hydrogen (secondary N) is 3. The number of carbonyl (C=O) groups excluding carboxylic acids is 4. The number of Topliss-reactive ketones (excluding diaryl/α,β-unsaturated/α-hetero) is 3. The Labute approximate surface area is 896 Å². The number of hydrogen-bond donors (Lipinski definition) is 8. The normalized spacial score (nSPS) is 20.4. The van der Waals surface area contributed by atoms with Gasteiger partial charge in [0.15, 0.2) is 42.1 Å². The van der Waals surface area contributed by atoms with Gasteiger partial charge in [0.1, 0.15) is 34.5 Å². The van der Waals surface area contributed by atoms with Crippen molar-refractivity contribution in [3.05, 3.63) is 155 Å². The zero-order valence-electron chi connectivity index (χ0n) is 93.9. The molecular formula is C110H180B4BrClLiN15O9Si3. The molecule has 8 N–H and O–H groups in total. The van der Waals surface area contributed by atoms with Crippen molar-refractivity contribution in [3.63, 3.8) is 0 Å². The van der Waals surface area contributed by atoms with Crippen LogP contribution in [0.25, 0.3) is 55.2 Å². The molecule has 0 saturated carbocycles. The Balaban J connectivity index is 0.000000237. The zero-order valence-corrected chi connectivity index (χ0v) is 99.3. The van der Waals surface area contributed by atoms with Gasteiger partial charge in [-0.2, -0.15) is 20.8 Å². The first-order chi connectivity index (χ1) is 67.1. The Morgan fingerprint density at radius 3 is 1.15 bits per heavy atom. The third kappa shape index (κ3) is 25.8. The van der Waals surface area contributed by atoms with Crippen molar-refractivity contribution >= 4 is 160 Å². The molecule has 0 bridgehead atoms. The smallest absolute Gasteiger partial charge is 0.437 e. The Kier molecular flexibility index (Phi) is 47.1. The Hall–Kier alpha value is -5.99. The van der Waals surface area contributed by atoms with Gasteiger partial charge in [0, 0.05) is 103 Å². The number of ketones is 3. The summed E-state index contributed by atoms with van der Waals surface area (Å²) in [6.07, 6.45) is 38.0. The van der Waals surface area contributed by atoms with E-state index in [0.29, 0.717) is 61.0 Å². The molecule has 0 aromatic carbocycles. The summed E-state index contributed by atoms with van der Waals surface area (Å²) in [6.45, 7) is 70.7. The molecule has 788 valence electrons. The van der Waals surface area contributed by atoms with Crippen molar-refractivity contribution in [1.29, 1.82) is 0 Å². The molecule has 34 heteroatoms. The fraction of sp³-hybridized carbons (Fsp3) is 0.636. The minimum atomic E-state index is -1.91. The second-order valence-corrected chi connectivity index (χ2v) is 63.2. The van der Waals surface area contributed by atoms with Gasteiger partial charge >= 0.3 is 47.1 Å². The maximum absolute atomic E-state index is 13.9. The molecule has 15 heterocycles. The number of pyridine rings is 5. The second-order valence-electron chi connectivity index (χ2n) is 45.1. The summed E-state index contributed by atoms with van der Waals surface area (Å²) in [4.78, 5) is 88.3. The molecule has 6 atom stereocenters. The number of aromatic nitrogens is 10. The molecule has 0 aliphatic carbocycles. The molecule has 0 radical (unpaired) electrons. The van der Waals surface area contributed by atoms with E-state index in [4.69, 9.17) is 15.0 Å². The molecule has 5 fully saturated rings. The van der Waals surface area contributed by atoms with Gasteiger partial charge < -0.3 is 83.1 Å². The molecule has 5 aliphatic rings. The van der Waals surface area contributed by atoms with E-state index in [1.54, 1.807) is 39.1 Å². The van der Waals surface area contributed by atoms with E-state index in [1.165, 1.54) is 11.3 Å². The molecule has 10 aromatic heterocycles. The van der Waals surface area contributed by atoms with Gasteiger partial charge in [-0.15, -0.1) is 12.4 Å². The maximum atomic E-state index is 13.9. The molecule has 15 rings (SSSR count). The number of aromatic amines is 2. The van der Waals surface area contributed by atoms with Crippen LogP contribution in [0.2, 0.25) is 77.2 Å². The van der Waals surface area contributed by atoms with Crippen molar-refractivity contribution in [2.45, 2.75) is 419 Å². The molecule has 24 nitrogen and oxygen atoms in total. The molecule has 5 aliphatic heterocycles. The van der Waals surface area contributed by atoms with Gasteiger partial charge in [-0.3, -0.25) is 14.4 Å². The predicted molar refractivity (Wildman–Crippen MR) is 614 cm³/mol. The van der Waals surface area contributed by atoms with Crippen LogP contribution in [0.4, 0.5) is 0 Å². The zero-order chi connectivity index (χ0) is 105. The van der Waals surface area contributed by atoms with Crippen LogP contribution in [0.3, 0.4) is 0 Å². The van der Waals surface area contributed by atoms with Gasteiger partial charge in [0.25, 0.3) is 0 Å². The quantitative estimate of drug-likeness (QED) is 0.00792. The van der Waals surface area contributed by atoms with E-state index >= 15 is 0 Å². The van der Waals surface area contributed by atoms with E-state index in [-0.39, 0.29) is 59.7 Å². The number of halogens is 2. The molecule has 0 spiro atoms. The van der Waals surface area contributed by atoms with Crippen molar-refractivity contribution in [3.8, 4) is 0 Å². The Morgan fingerprint density at radius 2 is 0.771 bits per heavy atom. The molecule has 10 aromatic rings. The number of fused-ring (bicyclic) bond motifs is 5. The molecular weight excluding hydrogens is 1930 g/mol. The number of nitrogens with zero attached hydrogens (tertiary/aromatic N) is 12. The third-order valence-electron chi connectivity index (χ3n) is 32.7. The van der Waals surface area contributed by atoms with Gasteiger partial charge in [0.2, 0.25) is 0 Å².